The third kappa shape index (κ3) is 6.03. The Kier molecular flexibility index (Phi) is 7.91. The number of carbonyl (C=O) groups excluding carboxylic acids is 2. The first-order chi connectivity index (χ1) is 10.5. The fourth-order valence-corrected chi connectivity index (χ4v) is 2.19. The molecule has 22 heavy (non-hydrogen) atoms. The van der Waals surface area contributed by atoms with Gasteiger partial charge in [-0.3, -0.25) is 9.59 Å². The predicted octanol–water partition coefficient (Wildman–Crippen LogP) is 2.86. The normalized spacial score (nSPS) is 10.4. The molecule has 0 aliphatic rings. The number of ether oxygens (including phenoxy) is 1. The summed E-state index contributed by atoms with van der Waals surface area (Å²) in [5.41, 5.74) is 1.53. The molecule has 0 aromatic heterocycles. The molecule has 0 unspecified atom stereocenters. The number of anilines is 1. The molecule has 122 valence electrons. The van der Waals surface area contributed by atoms with E-state index in [2.05, 4.69) is 5.32 Å². The topological polar surface area (TPSA) is 58.6 Å². The lowest BCUT2D eigenvalue weighted by Crippen LogP contribution is -2.33. The van der Waals surface area contributed by atoms with Crippen molar-refractivity contribution >= 4 is 29.1 Å². The van der Waals surface area contributed by atoms with Crippen molar-refractivity contribution in [3.05, 3.63) is 28.8 Å². The van der Waals surface area contributed by atoms with Gasteiger partial charge in [0.25, 0.3) is 0 Å². The SMILES string of the molecule is COCCCN(CCC(=O)Nc1cccc(Cl)c1C)C(C)=O. The minimum Gasteiger partial charge on any atom is -0.385 e. The van der Waals surface area contributed by atoms with Gasteiger partial charge in [-0.2, -0.15) is 0 Å². The molecule has 1 rings (SSSR count). The molecule has 5 nitrogen and oxygen atoms in total. The van der Waals surface area contributed by atoms with Gasteiger partial charge in [-0.25, -0.2) is 0 Å². The zero-order valence-corrected chi connectivity index (χ0v) is 14.1. The number of methoxy groups -OCH3 is 1. The van der Waals surface area contributed by atoms with Gasteiger partial charge in [0.1, 0.15) is 0 Å². The standard InChI is InChI=1S/C16H23ClN2O3/c1-12-14(17)6-4-7-15(12)18-16(21)8-10-19(13(2)20)9-5-11-22-3/h4,6-7H,5,8-11H2,1-3H3,(H,18,21). The highest BCUT2D eigenvalue weighted by Gasteiger charge is 2.12. The number of benzene rings is 1. The molecular formula is C16H23ClN2O3. The van der Waals surface area contributed by atoms with Crippen molar-refractivity contribution in [2.45, 2.75) is 26.7 Å². The molecular weight excluding hydrogens is 304 g/mol. The summed E-state index contributed by atoms with van der Waals surface area (Å²) in [6.07, 6.45) is 1.00. The van der Waals surface area contributed by atoms with Crippen molar-refractivity contribution < 1.29 is 14.3 Å². The van der Waals surface area contributed by atoms with E-state index in [4.69, 9.17) is 16.3 Å². The largest absolute Gasteiger partial charge is 0.385 e. The molecule has 0 fully saturated rings. The van der Waals surface area contributed by atoms with Crippen LogP contribution in [0, 0.1) is 6.92 Å². The highest BCUT2D eigenvalue weighted by Crippen LogP contribution is 2.22. The van der Waals surface area contributed by atoms with Crippen LogP contribution in [-0.2, 0) is 14.3 Å². The zero-order chi connectivity index (χ0) is 16.5. The Labute approximate surface area is 136 Å². The van der Waals surface area contributed by atoms with Gasteiger partial charge in [0, 0.05) is 50.9 Å². The van der Waals surface area contributed by atoms with Crippen molar-refractivity contribution in [2.24, 2.45) is 0 Å². The van der Waals surface area contributed by atoms with Crippen LogP contribution < -0.4 is 5.32 Å². The van der Waals surface area contributed by atoms with E-state index in [1.807, 2.05) is 6.92 Å². The van der Waals surface area contributed by atoms with Crippen LogP contribution in [0.2, 0.25) is 5.02 Å². The maximum absolute atomic E-state index is 12.0. The zero-order valence-electron chi connectivity index (χ0n) is 13.3. The maximum atomic E-state index is 12.0. The average molecular weight is 327 g/mol. The Morgan fingerprint density at radius 1 is 1.32 bits per heavy atom. The van der Waals surface area contributed by atoms with Gasteiger partial charge in [-0.05, 0) is 31.0 Å². The van der Waals surface area contributed by atoms with E-state index >= 15 is 0 Å². The van der Waals surface area contributed by atoms with Gasteiger partial charge < -0.3 is 15.0 Å². The van der Waals surface area contributed by atoms with Crippen LogP contribution in [0.25, 0.3) is 0 Å². The molecule has 0 saturated carbocycles. The summed E-state index contributed by atoms with van der Waals surface area (Å²) in [4.78, 5) is 25.2. The Hall–Kier alpha value is -1.59. The van der Waals surface area contributed by atoms with Crippen molar-refractivity contribution in [1.29, 1.82) is 0 Å². The molecule has 0 bridgehead atoms. The lowest BCUT2D eigenvalue weighted by molar-refractivity contribution is -0.129. The Morgan fingerprint density at radius 3 is 2.68 bits per heavy atom. The summed E-state index contributed by atoms with van der Waals surface area (Å²) in [6.45, 7) is 4.94. The van der Waals surface area contributed by atoms with Crippen LogP contribution in [0.3, 0.4) is 0 Å². The summed E-state index contributed by atoms with van der Waals surface area (Å²) in [7, 11) is 1.62. The van der Waals surface area contributed by atoms with E-state index in [-0.39, 0.29) is 18.2 Å². The molecule has 0 atom stereocenters. The number of hydrogen-bond acceptors (Lipinski definition) is 3. The molecule has 0 spiro atoms. The average Bonchev–Trinajstić information content (AvgIpc) is 2.47. The highest BCUT2D eigenvalue weighted by molar-refractivity contribution is 6.31. The van der Waals surface area contributed by atoms with Crippen LogP contribution in [0.4, 0.5) is 5.69 Å². The Balaban J connectivity index is 2.49. The van der Waals surface area contributed by atoms with E-state index in [0.717, 1.165) is 12.0 Å². The van der Waals surface area contributed by atoms with Crippen LogP contribution in [0.1, 0.15) is 25.3 Å². The molecule has 0 aliphatic carbocycles. The summed E-state index contributed by atoms with van der Waals surface area (Å²) < 4.78 is 4.97. The van der Waals surface area contributed by atoms with Gasteiger partial charge >= 0.3 is 0 Å². The van der Waals surface area contributed by atoms with Crippen molar-refractivity contribution in [3.63, 3.8) is 0 Å². The number of halogens is 1. The molecule has 0 saturated heterocycles. The summed E-state index contributed by atoms with van der Waals surface area (Å²) in [5.74, 6) is -0.175. The summed E-state index contributed by atoms with van der Waals surface area (Å²) in [5, 5.41) is 3.44. The van der Waals surface area contributed by atoms with Crippen LogP contribution in [0.5, 0.6) is 0 Å². The van der Waals surface area contributed by atoms with E-state index in [0.29, 0.717) is 30.4 Å². The second-order valence-electron chi connectivity index (χ2n) is 5.06. The van der Waals surface area contributed by atoms with Gasteiger partial charge in [0.15, 0.2) is 0 Å². The number of nitrogens with zero attached hydrogens (tertiary/aromatic N) is 1. The summed E-state index contributed by atoms with van der Waals surface area (Å²) >= 11 is 6.02. The smallest absolute Gasteiger partial charge is 0.226 e. The number of carbonyl (C=O) groups is 2. The summed E-state index contributed by atoms with van der Waals surface area (Å²) in [6, 6.07) is 5.37. The van der Waals surface area contributed by atoms with Crippen molar-refractivity contribution in [1.82, 2.24) is 4.90 Å². The van der Waals surface area contributed by atoms with Crippen LogP contribution >= 0.6 is 11.6 Å². The molecule has 2 amide bonds. The maximum Gasteiger partial charge on any atom is 0.226 e. The number of rotatable bonds is 8. The number of amides is 2. The quantitative estimate of drug-likeness (QED) is 0.747. The van der Waals surface area contributed by atoms with Crippen molar-refractivity contribution in [3.8, 4) is 0 Å². The number of hydrogen-bond donors (Lipinski definition) is 1. The molecule has 1 N–H and O–H groups in total. The molecule has 0 heterocycles. The third-order valence-electron chi connectivity index (χ3n) is 3.37. The highest BCUT2D eigenvalue weighted by atomic mass is 35.5. The predicted molar refractivity (Wildman–Crippen MR) is 88.2 cm³/mol. The van der Waals surface area contributed by atoms with Crippen LogP contribution in [-0.4, -0.2) is 43.5 Å². The fourth-order valence-electron chi connectivity index (χ4n) is 2.02. The molecule has 0 radical (unpaired) electrons. The first-order valence-electron chi connectivity index (χ1n) is 7.25. The molecule has 0 aliphatic heterocycles. The molecule has 6 heteroatoms. The van der Waals surface area contributed by atoms with Gasteiger partial charge in [0.05, 0.1) is 0 Å². The van der Waals surface area contributed by atoms with Crippen LogP contribution in [0.15, 0.2) is 18.2 Å². The van der Waals surface area contributed by atoms with E-state index in [9.17, 15) is 9.59 Å². The molecule has 1 aromatic carbocycles. The monoisotopic (exact) mass is 326 g/mol. The van der Waals surface area contributed by atoms with E-state index < -0.39 is 0 Å². The lowest BCUT2D eigenvalue weighted by atomic mass is 10.2. The fraction of sp³-hybridized carbons (Fsp3) is 0.500. The third-order valence-corrected chi connectivity index (χ3v) is 3.78. The van der Waals surface area contributed by atoms with Gasteiger partial charge in [-0.1, -0.05) is 17.7 Å². The van der Waals surface area contributed by atoms with E-state index in [1.54, 1.807) is 30.2 Å². The van der Waals surface area contributed by atoms with E-state index in [1.165, 1.54) is 6.92 Å². The second kappa shape index (κ2) is 9.43. The lowest BCUT2D eigenvalue weighted by Gasteiger charge is -2.20. The Bertz CT molecular complexity index is 520. The minimum atomic E-state index is -0.136. The Morgan fingerprint density at radius 2 is 2.05 bits per heavy atom. The first-order valence-corrected chi connectivity index (χ1v) is 7.63. The second-order valence-corrected chi connectivity index (χ2v) is 5.47. The van der Waals surface area contributed by atoms with Crippen molar-refractivity contribution in [2.75, 3.05) is 32.1 Å². The minimum absolute atomic E-state index is 0.0390. The van der Waals surface area contributed by atoms with Gasteiger partial charge in [0.2, 0.25) is 11.8 Å². The first kappa shape index (κ1) is 18.5. The molecule has 1 aromatic rings. The number of nitrogens with one attached hydrogen (secondary N) is 1. The van der Waals surface area contributed by atoms with Gasteiger partial charge in [-0.15, -0.1) is 0 Å².